The number of benzene rings is 2. The highest BCUT2D eigenvalue weighted by molar-refractivity contribution is 6.02. The van der Waals surface area contributed by atoms with E-state index >= 15 is 0 Å². The Kier molecular flexibility index (Phi) is 7.26. The molecule has 3 amide bonds. The van der Waals surface area contributed by atoms with Crippen molar-refractivity contribution in [1.29, 1.82) is 0 Å². The molecule has 3 rings (SSSR count). The summed E-state index contributed by atoms with van der Waals surface area (Å²) in [5.41, 5.74) is 1.80. The summed E-state index contributed by atoms with van der Waals surface area (Å²) in [4.78, 5) is 36.1. The number of nitrogens with zero attached hydrogens (tertiary/aromatic N) is 2. The number of carbonyl (C=O) groups excluding carboxylic acids is 3. The molecule has 0 spiro atoms. The Morgan fingerprint density at radius 2 is 1.63 bits per heavy atom. The number of halogens is 1. The predicted octanol–water partition coefficient (Wildman–Crippen LogP) is 2.09. The van der Waals surface area contributed by atoms with Crippen molar-refractivity contribution >= 4 is 23.4 Å². The number of rotatable bonds is 8. The molecule has 1 aliphatic rings. The summed E-state index contributed by atoms with van der Waals surface area (Å²) in [6, 6.07) is 15.3. The van der Waals surface area contributed by atoms with Gasteiger partial charge in [0.05, 0.1) is 17.8 Å². The maximum Gasteiger partial charge on any atom is 0.254 e. The van der Waals surface area contributed by atoms with E-state index in [-0.39, 0.29) is 43.3 Å². The third-order valence-corrected chi connectivity index (χ3v) is 4.61. The third-order valence-electron chi connectivity index (χ3n) is 4.61. The highest BCUT2D eigenvalue weighted by atomic mass is 19.1. The maximum atomic E-state index is 13.5. The van der Waals surface area contributed by atoms with Crippen molar-refractivity contribution in [2.45, 2.75) is 19.3 Å². The fourth-order valence-electron chi connectivity index (χ4n) is 3.03. The molecule has 8 heteroatoms. The fourth-order valence-corrected chi connectivity index (χ4v) is 3.03. The highest BCUT2D eigenvalue weighted by Gasteiger charge is 2.21. The van der Waals surface area contributed by atoms with Crippen LogP contribution in [-0.4, -0.2) is 48.1 Å². The minimum Gasteiger partial charge on any atom is -0.354 e. The molecule has 156 valence electrons. The average molecular weight is 410 g/mol. The minimum absolute atomic E-state index is 0.0345. The second-order valence-electron chi connectivity index (χ2n) is 6.77. The van der Waals surface area contributed by atoms with Crippen LogP contribution in [0.2, 0.25) is 0 Å². The Hall–Kier alpha value is -3.55. The first-order chi connectivity index (χ1) is 14.5. The van der Waals surface area contributed by atoms with Crippen LogP contribution in [0.5, 0.6) is 0 Å². The molecule has 0 atom stereocenters. The first kappa shape index (κ1) is 21.2. The van der Waals surface area contributed by atoms with E-state index in [0.717, 1.165) is 11.3 Å². The molecule has 0 unspecified atom stereocenters. The summed E-state index contributed by atoms with van der Waals surface area (Å²) in [6.45, 7) is 0.851. The number of hydrazone groups is 1. The van der Waals surface area contributed by atoms with Crippen LogP contribution in [0.25, 0.3) is 0 Å². The lowest BCUT2D eigenvalue weighted by molar-refractivity contribution is -0.133. The van der Waals surface area contributed by atoms with Gasteiger partial charge in [0.25, 0.3) is 5.91 Å². The SMILES string of the molecule is O=C(CCC(=O)N1CCC(c2ccccc2)=N1)NCCNC(=O)c1ccccc1F. The van der Waals surface area contributed by atoms with E-state index in [9.17, 15) is 18.8 Å². The zero-order valence-corrected chi connectivity index (χ0v) is 16.4. The van der Waals surface area contributed by atoms with E-state index in [1.807, 2.05) is 30.3 Å². The molecule has 0 fully saturated rings. The highest BCUT2D eigenvalue weighted by Crippen LogP contribution is 2.14. The largest absolute Gasteiger partial charge is 0.354 e. The van der Waals surface area contributed by atoms with E-state index in [4.69, 9.17) is 0 Å². The summed E-state index contributed by atoms with van der Waals surface area (Å²) in [6.07, 6.45) is 0.773. The van der Waals surface area contributed by atoms with Gasteiger partial charge in [-0.05, 0) is 17.7 Å². The monoisotopic (exact) mass is 410 g/mol. The minimum atomic E-state index is -0.599. The number of amides is 3. The second-order valence-corrected chi connectivity index (χ2v) is 6.77. The number of nitrogens with one attached hydrogen (secondary N) is 2. The molecular weight excluding hydrogens is 387 g/mol. The number of hydrogen-bond acceptors (Lipinski definition) is 4. The van der Waals surface area contributed by atoms with Gasteiger partial charge < -0.3 is 10.6 Å². The smallest absolute Gasteiger partial charge is 0.254 e. The Bertz CT molecular complexity index is 946. The van der Waals surface area contributed by atoms with Crippen LogP contribution in [0, 0.1) is 5.82 Å². The molecule has 0 radical (unpaired) electrons. The van der Waals surface area contributed by atoms with E-state index in [0.29, 0.717) is 13.0 Å². The van der Waals surface area contributed by atoms with Gasteiger partial charge in [0, 0.05) is 32.4 Å². The molecule has 0 saturated heterocycles. The quantitative estimate of drug-likeness (QED) is 0.653. The molecule has 0 aromatic heterocycles. The molecule has 7 nitrogen and oxygen atoms in total. The van der Waals surface area contributed by atoms with Crippen molar-refractivity contribution in [2.24, 2.45) is 5.10 Å². The molecule has 0 bridgehead atoms. The van der Waals surface area contributed by atoms with Crippen LogP contribution < -0.4 is 10.6 Å². The van der Waals surface area contributed by atoms with Gasteiger partial charge >= 0.3 is 0 Å². The average Bonchev–Trinajstić information content (AvgIpc) is 3.26. The third kappa shape index (κ3) is 5.73. The lowest BCUT2D eigenvalue weighted by Gasteiger charge is -2.11. The van der Waals surface area contributed by atoms with Gasteiger partial charge in [-0.2, -0.15) is 5.10 Å². The zero-order chi connectivity index (χ0) is 21.3. The normalized spacial score (nSPS) is 13.0. The van der Waals surface area contributed by atoms with E-state index in [1.165, 1.54) is 23.2 Å². The van der Waals surface area contributed by atoms with Gasteiger partial charge in [0.2, 0.25) is 11.8 Å². The lowest BCUT2D eigenvalue weighted by atomic mass is 10.1. The van der Waals surface area contributed by atoms with Crippen molar-refractivity contribution in [3.05, 3.63) is 71.5 Å². The molecule has 1 aliphatic heterocycles. The number of hydrogen-bond donors (Lipinski definition) is 2. The van der Waals surface area contributed by atoms with Crippen LogP contribution in [0.15, 0.2) is 59.7 Å². The van der Waals surface area contributed by atoms with E-state index in [2.05, 4.69) is 15.7 Å². The Balaban J connectivity index is 1.35. The van der Waals surface area contributed by atoms with Crippen molar-refractivity contribution < 1.29 is 18.8 Å². The van der Waals surface area contributed by atoms with Crippen molar-refractivity contribution in [3.63, 3.8) is 0 Å². The first-order valence-corrected chi connectivity index (χ1v) is 9.77. The second kappa shape index (κ2) is 10.3. The van der Waals surface area contributed by atoms with Gasteiger partial charge in [-0.25, -0.2) is 9.40 Å². The standard InChI is InChI=1S/C22H23FN4O3/c23-18-9-5-4-8-17(18)22(30)25-14-13-24-20(28)10-11-21(29)27-15-12-19(26-27)16-6-2-1-3-7-16/h1-9H,10-15H2,(H,24,28)(H,25,30). The number of carbonyl (C=O) groups is 3. The fraction of sp³-hybridized carbons (Fsp3) is 0.273. The van der Waals surface area contributed by atoms with Crippen LogP contribution in [0.3, 0.4) is 0 Å². The molecule has 30 heavy (non-hydrogen) atoms. The van der Waals surface area contributed by atoms with Gasteiger partial charge in [0.15, 0.2) is 0 Å². The lowest BCUT2D eigenvalue weighted by Crippen LogP contribution is -2.35. The predicted molar refractivity (Wildman–Crippen MR) is 110 cm³/mol. The van der Waals surface area contributed by atoms with E-state index in [1.54, 1.807) is 6.07 Å². The van der Waals surface area contributed by atoms with Crippen LogP contribution in [-0.2, 0) is 9.59 Å². The van der Waals surface area contributed by atoms with Crippen molar-refractivity contribution in [1.82, 2.24) is 15.6 Å². The van der Waals surface area contributed by atoms with Crippen molar-refractivity contribution in [2.75, 3.05) is 19.6 Å². The van der Waals surface area contributed by atoms with Gasteiger partial charge in [-0.3, -0.25) is 14.4 Å². The molecular formula is C22H23FN4O3. The molecule has 2 N–H and O–H groups in total. The summed E-state index contributed by atoms with van der Waals surface area (Å²) in [5.74, 6) is -1.64. The molecule has 2 aromatic carbocycles. The van der Waals surface area contributed by atoms with Gasteiger partial charge in [-0.1, -0.05) is 42.5 Å². The summed E-state index contributed by atoms with van der Waals surface area (Å²) in [5, 5.41) is 10.9. The molecule has 2 aromatic rings. The van der Waals surface area contributed by atoms with E-state index < -0.39 is 11.7 Å². The van der Waals surface area contributed by atoms with Crippen LogP contribution in [0.4, 0.5) is 4.39 Å². The molecule has 0 aliphatic carbocycles. The molecule has 0 saturated carbocycles. The molecule has 1 heterocycles. The first-order valence-electron chi connectivity index (χ1n) is 9.77. The Morgan fingerprint density at radius 1 is 0.933 bits per heavy atom. The summed E-state index contributed by atoms with van der Waals surface area (Å²) >= 11 is 0. The topological polar surface area (TPSA) is 90.9 Å². The maximum absolute atomic E-state index is 13.5. The van der Waals surface area contributed by atoms with Crippen LogP contribution in [0.1, 0.15) is 35.2 Å². The van der Waals surface area contributed by atoms with Gasteiger partial charge in [-0.15, -0.1) is 0 Å². The Labute approximate surface area is 174 Å². The summed E-state index contributed by atoms with van der Waals surface area (Å²) in [7, 11) is 0. The van der Waals surface area contributed by atoms with Crippen molar-refractivity contribution in [3.8, 4) is 0 Å². The Morgan fingerprint density at radius 3 is 2.40 bits per heavy atom. The zero-order valence-electron chi connectivity index (χ0n) is 16.4. The van der Waals surface area contributed by atoms with Crippen LogP contribution >= 0.6 is 0 Å². The van der Waals surface area contributed by atoms with Gasteiger partial charge in [0.1, 0.15) is 5.82 Å². The summed E-state index contributed by atoms with van der Waals surface area (Å²) < 4.78 is 13.5.